The lowest BCUT2D eigenvalue weighted by molar-refractivity contribution is -0.193. The van der Waals surface area contributed by atoms with E-state index in [4.69, 9.17) is 19.8 Å². The summed E-state index contributed by atoms with van der Waals surface area (Å²) in [5.41, 5.74) is 2.69. The third-order valence-electron chi connectivity index (χ3n) is 5.93. The fourth-order valence-corrected chi connectivity index (χ4v) is 4.25. The standard InChI is InChI=1S/C19H25N5.2C2HF3O2/c1-16-11-21-18(22-12-16)23-9-3-6-19(15-23)7-4-10-24(19)14-17-5-2-8-20-13-17;2*3-2(4,5)1(6)7/h2,5,8,11-13H,3-4,6-7,9-10,14-15H2,1H3;2*(H,6,7). The molecule has 210 valence electrons. The Labute approximate surface area is 214 Å². The molecule has 1 spiro atoms. The van der Waals surface area contributed by atoms with Crippen LogP contribution in [0.1, 0.15) is 36.8 Å². The fraction of sp³-hybridized carbons (Fsp3) is 0.522. The molecule has 4 heterocycles. The van der Waals surface area contributed by atoms with Crippen LogP contribution in [0.5, 0.6) is 0 Å². The van der Waals surface area contributed by atoms with Crippen molar-refractivity contribution in [2.45, 2.75) is 57.0 Å². The Morgan fingerprint density at radius 3 is 1.95 bits per heavy atom. The summed E-state index contributed by atoms with van der Waals surface area (Å²) in [7, 11) is 0. The van der Waals surface area contributed by atoms with Crippen molar-refractivity contribution in [1.29, 1.82) is 0 Å². The molecule has 0 bridgehead atoms. The van der Waals surface area contributed by atoms with E-state index in [0.29, 0.717) is 0 Å². The number of carboxylic acid groups (broad SMARTS) is 2. The van der Waals surface area contributed by atoms with Gasteiger partial charge in [0.2, 0.25) is 5.95 Å². The predicted octanol–water partition coefficient (Wildman–Crippen LogP) is 4.08. The number of piperidine rings is 1. The molecular formula is C23H27F6N5O4. The molecule has 2 saturated heterocycles. The molecule has 2 fully saturated rings. The maximum atomic E-state index is 10.6. The highest BCUT2D eigenvalue weighted by Crippen LogP contribution is 2.38. The molecule has 38 heavy (non-hydrogen) atoms. The molecule has 0 aliphatic carbocycles. The van der Waals surface area contributed by atoms with E-state index >= 15 is 0 Å². The molecule has 1 atom stereocenters. The number of hydrogen-bond acceptors (Lipinski definition) is 7. The minimum atomic E-state index is -5.08. The molecule has 0 saturated carbocycles. The first-order chi connectivity index (χ1) is 17.6. The van der Waals surface area contributed by atoms with Crippen LogP contribution in [0.2, 0.25) is 0 Å². The molecule has 2 aromatic heterocycles. The third kappa shape index (κ3) is 9.11. The number of alkyl halides is 6. The molecule has 9 nitrogen and oxygen atoms in total. The number of halogens is 6. The lowest BCUT2D eigenvalue weighted by atomic mass is 9.86. The van der Waals surface area contributed by atoms with Crippen LogP contribution in [0.3, 0.4) is 0 Å². The second-order valence-corrected chi connectivity index (χ2v) is 8.80. The zero-order valence-corrected chi connectivity index (χ0v) is 20.3. The Hall–Kier alpha value is -3.49. The zero-order valence-electron chi connectivity index (χ0n) is 20.3. The highest BCUT2D eigenvalue weighted by atomic mass is 19.4. The number of aromatic nitrogens is 3. The summed E-state index contributed by atoms with van der Waals surface area (Å²) in [6, 6.07) is 4.22. The van der Waals surface area contributed by atoms with Crippen molar-refractivity contribution in [3.63, 3.8) is 0 Å². The lowest BCUT2D eigenvalue weighted by Gasteiger charge is -2.46. The van der Waals surface area contributed by atoms with E-state index in [9.17, 15) is 26.3 Å². The summed E-state index contributed by atoms with van der Waals surface area (Å²) in [6.45, 7) is 6.31. The van der Waals surface area contributed by atoms with Crippen LogP contribution in [0, 0.1) is 6.92 Å². The molecule has 15 heteroatoms. The van der Waals surface area contributed by atoms with Crippen molar-refractivity contribution >= 4 is 17.9 Å². The summed E-state index contributed by atoms with van der Waals surface area (Å²) >= 11 is 0. The van der Waals surface area contributed by atoms with Crippen LogP contribution < -0.4 is 4.90 Å². The number of hydrogen-bond donors (Lipinski definition) is 2. The normalized spacial score (nSPS) is 19.7. The third-order valence-corrected chi connectivity index (χ3v) is 5.93. The van der Waals surface area contributed by atoms with Gasteiger partial charge in [-0.2, -0.15) is 26.3 Å². The van der Waals surface area contributed by atoms with Crippen molar-refractivity contribution in [2.24, 2.45) is 0 Å². The van der Waals surface area contributed by atoms with Gasteiger partial charge in [-0.3, -0.25) is 9.88 Å². The number of nitrogens with zero attached hydrogens (tertiary/aromatic N) is 5. The first-order valence-corrected chi connectivity index (χ1v) is 11.4. The number of likely N-dealkylation sites (tertiary alicyclic amines) is 1. The second kappa shape index (κ2) is 12.8. The number of carboxylic acids is 2. The molecule has 2 aliphatic heterocycles. The molecule has 2 aliphatic rings. The van der Waals surface area contributed by atoms with Gasteiger partial charge in [0.05, 0.1) is 0 Å². The number of aryl methyl sites for hydroxylation is 1. The molecule has 1 unspecified atom stereocenters. The smallest absolute Gasteiger partial charge is 0.475 e. The maximum absolute atomic E-state index is 10.6. The molecule has 0 aromatic carbocycles. The Morgan fingerprint density at radius 1 is 0.947 bits per heavy atom. The molecule has 2 aromatic rings. The van der Waals surface area contributed by atoms with Gasteiger partial charge in [0, 0.05) is 50.0 Å². The lowest BCUT2D eigenvalue weighted by Crippen LogP contribution is -2.55. The molecule has 0 radical (unpaired) electrons. The maximum Gasteiger partial charge on any atom is 0.490 e. The first kappa shape index (κ1) is 30.7. The van der Waals surface area contributed by atoms with Gasteiger partial charge in [-0.1, -0.05) is 6.07 Å². The number of anilines is 1. The Balaban J connectivity index is 0.000000301. The van der Waals surface area contributed by atoms with Crippen LogP contribution in [0.15, 0.2) is 36.9 Å². The van der Waals surface area contributed by atoms with Gasteiger partial charge in [0.1, 0.15) is 0 Å². The van der Waals surface area contributed by atoms with Crippen LogP contribution >= 0.6 is 0 Å². The minimum Gasteiger partial charge on any atom is -0.475 e. The summed E-state index contributed by atoms with van der Waals surface area (Å²) in [5.74, 6) is -4.63. The first-order valence-electron chi connectivity index (χ1n) is 11.4. The molecular weight excluding hydrogens is 524 g/mol. The van der Waals surface area contributed by atoms with Crippen molar-refractivity contribution in [1.82, 2.24) is 19.9 Å². The van der Waals surface area contributed by atoms with E-state index in [0.717, 1.165) is 31.1 Å². The van der Waals surface area contributed by atoms with Crippen LogP contribution in [-0.2, 0) is 16.1 Å². The van der Waals surface area contributed by atoms with E-state index in [1.165, 1.54) is 37.8 Å². The van der Waals surface area contributed by atoms with Crippen LogP contribution in [0.4, 0.5) is 32.3 Å². The van der Waals surface area contributed by atoms with Gasteiger partial charge in [-0.05, 0) is 56.3 Å². The molecule has 4 rings (SSSR count). The summed E-state index contributed by atoms with van der Waals surface area (Å²) in [4.78, 5) is 36.2. The summed E-state index contributed by atoms with van der Waals surface area (Å²) < 4.78 is 63.5. The SMILES string of the molecule is Cc1cnc(N2CCCC3(CCCN3Cc3cccnc3)C2)nc1.O=C(O)C(F)(F)F.O=C(O)C(F)(F)F. The Kier molecular flexibility index (Phi) is 10.4. The van der Waals surface area contributed by atoms with Crippen molar-refractivity contribution in [2.75, 3.05) is 24.5 Å². The van der Waals surface area contributed by atoms with Gasteiger partial charge in [-0.15, -0.1) is 0 Å². The molecule has 0 amide bonds. The van der Waals surface area contributed by atoms with E-state index in [1.807, 2.05) is 37.8 Å². The van der Waals surface area contributed by atoms with Crippen molar-refractivity contribution < 1.29 is 46.1 Å². The summed E-state index contributed by atoms with van der Waals surface area (Å²) in [6.07, 6.45) is 2.56. The van der Waals surface area contributed by atoms with E-state index in [-0.39, 0.29) is 5.54 Å². The number of rotatable bonds is 3. The Bertz CT molecular complexity index is 1030. The topological polar surface area (TPSA) is 120 Å². The monoisotopic (exact) mass is 551 g/mol. The van der Waals surface area contributed by atoms with Crippen LogP contribution in [-0.4, -0.2) is 79.5 Å². The van der Waals surface area contributed by atoms with E-state index in [1.54, 1.807) is 0 Å². The van der Waals surface area contributed by atoms with Gasteiger partial charge >= 0.3 is 24.3 Å². The fourth-order valence-electron chi connectivity index (χ4n) is 4.25. The largest absolute Gasteiger partial charge is 0.490 e. The number of pyridine rings is 1. The zero-order chi connectivity index (χ0) is 28.6. The molecule has 2 N–H and O–H groups in total. The van der Waals surface area contributed by atoms with Crippen LogP contribution in [0.25, 0.3) is 0 Å². The number of aliphatic carboxylic acids is 2. The van der Waals surface area contributed by atoms with Gasteiger partial charge < -0.3 is 15.1 Å². The van der Waals surface area contributed by atoms with E-state index < -0.39 is 24.3 Å². The average molecular weight is 551 g/mol. The minimum absolute atomic E-state index is 0.266. The quantitative estimate of drug-likeness (QED) is 0.544. The highest BCUT2D eigenvalue weighted by molar-refractivity contribution is 5.73. The summed E-state index contributed by atoms with van der Waals surface area (Å²) in [5, 5.41) is 14.2. The predicted molar refractivity (Wildman–Crippen MR) is 122 cm³/mol. The second-order valence-electron chi connectivity index (χ2n) is 8.80. The average Bonchev–Trinajstić information content (AvgIpc) is 3.20. The van der Waals surface area contributed by atoms with Gasteiger partial charge in [0.25, 0.3) is 0 Å². The van der Waals surface area contributed by atoms with Crippen molar-refractivity contribution in [3.8, 4) is 0 Å². The van der Waals surface area contributed by atoms with Gasteiger partial charge in [0.15, 0.2) is 0 Å². The highest BCUT2D eigenvalue weighted by Gasteiger charge is 2.44. The number of carbonyl (C=O) groups is 2. The van der Waals surface area contributed by atoms with Gasteiger partial charge in [-0.25, -0.2) is 19.6 Å². The van der Waals surface area contributed by atoms with E-state index in [2.05, 4.69) is 30.8 Å². The Morgan fingerprint density at radius 2 is 1.47 bits per heavy atom. The van der Waals surface area contributed by atoms with Crippen molar-refractivity contribution in [3.05, 3.63) is 48.0 Å².